The summed E-state index contributed by atoms with van der Waals surface area (Å²) in [4.78, 5) is 0. The summed E-state index contributed by atoms with van der Waals surface area (Å²) >= 11 is 0. The first kappa shape index (κ1) is 17.9. The fourth-order valence-corrected chi connectivity index (χ4v) is 4.61. The highest BCUT2D eigenvalue weighted by Crippen LogP contribution is 2.60. The number of hydrogen-bond donors (Lipinski definition) is 1. The van der Waals surface area contributed by atoms with Crippen molar-refractivity contribution in [2.24, 2.45) is 5.41 Å². The molecule has 1 aliphatic heterocycles. The molecule has 0 aliphatic carbocycles. The van der Waals surface area contributed by atoms with Crippen molar-refractivity contribution < 1.29 is 18.0 Å². The van der Waals surface area contributed by atoms with Gasteiger partial charge in [-0.15, -0.1) is 5.10 Å². The first-order valence-corrected chi connectivity index (χ1v) is 10.1. The van der Waals surface area contributed by atoms with Crippen molar-refractivity contribution in [1.82, 2.24) is 10.2 Å². The van der Waals surface area contributed by atoms with Crippen molar-refractivity contribution in [2.75, 3.05) is 11.7 Å². The molecule has 3 aromatic rings. The number of hydrogen-bond acceptors (Lipinski definition) is 6. The lowest BCUT2D eigenvalue weighted by molar-refractivity contribution is -0.0250. The molecule has 4 rings (SSSR count). The van der Waals surface area contributed by atoms with Crippen LogP contribution in [0.4, 0.5) is 6.01 Å². The third kappa shape index (κ3) is 3.81. The molecule has 1 fully saturated rings. The van der Waals surface area contributed by atoms with Crippen LogP contribution in [0.3, 0.4) is 0 Å². The largest absolute Gasteiger partial charge is 0.436 e. The minimum atomic E-state index is -3.66. The monoisotopic (exact) mass is 385 g/mol. The number of rotatable bonds is 4. The van der Waals surface area contributed by atoms with Crippen LogP contribution in [0.1, 0.15) is 25.5 Å². The highest BCUT2D eigenvalue weighted by Gasteiger charge is 2.46. The summed E-state index contributed by atoms with van der Waals surface area (Å²) < 4.78 is 30.1. The zero-order valence-electron chi connectivity index (χ0n) is 15.0. The van der Waals surface area contributed by atoms with Crippen molar-refractivity contribution in [3.63, 3.8) is 0 Å². The van der Waals surface area contributed by atoms with Crippen molar-refractivity contribution in [2.45, 2.75) is 20.0 Å². The van der Waals surface area contributed by atoms with Crippen LogP contribution in [-0.4, -0.2) is 16.8 Å². The Hall–Kier alpha value is -2.47. The van der Waals surface area contributed by atoms with Gasteiger partial charge < -0.3 is 4.42 Å². The van der Waals surface area contributed by atoms with Crippen LogP contribution < -0.4 is 5.09 Å². The Bertz CT molecular complexity index is 959. The SMILES string of the molecule is CC1(C)COP(=O)(Nc2nnc(-c3ccccc3)o2)O[C@H]1c1ccccc1. The average Bonchev–Trinajstić information content (AvgIpc) is 3.14. The van der Waals surface area contributed by atoms with E-state index in [1.807, 2.05) is 74.5 Å². The maximum Gasteiger partial charge on any atom is 0.436 e. The van der Waals surface area contributed by atoms with E-state index in [-0.39, 0.29) is 18.0 Å². The van der Waals surface area contributed by atoms with Crippen molar-refractivity contribution in [3.8, 4) is 11.5 Å². The van der Waals surface area contributed by atoms with Gasteiger partial charge in [0.15, 0.2) is 0 Å². The Morgan fingerprint density at radius 2 is 1.70 bits per heavy atom. The molecule has 1 unspecified atom stereocenters. The summed E-state index contributed by atoms with van der Waals surface area (Å²) in [7, 11) is -3.66. The van der Waals surface area contributed by atoms with Crippen LogP contribution in [0.5, 0.6) is 0 Å². The summed E-state index contributed by atoms with van der Waals surface area (Å²) in [6.45, 7) is 4.28. The number of nitrogens with one attached hydrogen (secondary N) is 1. The Kier molecular flexibility index (Phi) is 4.60. The summed E-state index contributed by atoms with van der Waals surface area (Å²) in [6.07, 6.45) is -0.401. The zero-order valence-corrected chi connectivity index (χ0v) is 15.9. The highest BCUT2D eigenvalue weighted by molar-refractivity contribution is 7.55. The van der Waals surface area contributed by atoms with Crippen molar-refractivity contribution in [3.05, 3.63) is 66.2 Å². The third-order valence-electron chi connectivity index (χ3n) is 4.34. The standard InChI is InChI=1S/C19H20N3O4P/c1-19(2)13-24-27(23,26-16(19)14-9-5-3-6-10-14)22-18-21-20-17(25-18)15-11-7-4-8-12-15/h3-12,16H,13H2,1-2H3,(H,21,22,23)/t16-,27?/m0/s1. The van der Waals surface area contributed by atoms with Gasteiger partial charge in [0.25, 0.3) is 0 Å². The predicted octanol–water partition coefficient (Wildman–Crippen LogP) is 5.07. The molecule has 0 saturated carbocycles. The lowest BCUT2D eigenvalue weighted by Crippen LogP contribution is -2.34. The van der Waals surface area contributed by atoms with Crippen LogP contribution in [0.15, 0.2) is 65.1 Å². The molecule has 0 radical (unpaired) electrons. The molecule has 0 amide bonds. The molecule has 2 aromatic carbocycles. The molecular formula is C19H20N3O4P. The van der Waals surface area contributed by atoms with E-state index >= 15 is 0 Å². The van der Waals surface area contributed by atoms with Gasteiger partial charge in [-0.3, -0.25) is 9.05 Å². The zero-order chi connectivity index (χ0) is 18.9. The average molecular weight is 385 g/mol. The van der Waals surface area contributed by atoms with E-state index in [2.05, 4.69) is 15.3 Å². The number of benzene rings is 2. The maximum atomic E-state index is 13.1. The topological polar surface area (TPSA) is 86.5 Å². The molecule has 2 heterocycles. The number of aromatic nitrogens is 2. The van der Waals surface area contributed by atoms with Crippen molar-refractivity contribution >= 4 is 13.8 Å². The van der Waals surface area contributed by atoms with Crippen LogP contribution >= 0.6 is 7.75 Å². The smallest absolute Gasteiger partial charge is 0.403 e. The van der Waals surface area contributed by atoms with Gasteiger partial charge >= 0.3 is 13.8 Å². The fraction of sp³-hybridized carbons (Fsp3) is 0.263. The van der Waals surface area contributed by atoms with E-state index in [4.69, 9.17) is 13.5 Å². The highest BCUT2D eigenvalue weighted by atomic mass is 31.2. The summed E-state index contributed by atoms with van der Waals surface area (Å²) in [6, 6.07) is 19.0. The molecule has 8 heteroatoms. The van der Waals surface area contributed by atoms with Crippen molar-refractivity contribution in [1.29, 1.82) is 0 Å². The van der Waals surface area contributed by atoms with E-state index in [1.165, 1.54) is 0 Å². The maximum absolute atomic E-state index is 13.1. The van der Waals surface area contributed by atoms with Crippen LogP contribution in [0, 0.1) is 5.41 Å². The first-order chi connectivity index (χ1) is 13.0. The second-order valence-corrected chi connectivity index (χ2v) is 8.73. The fourth-order valence-electron chi connectivity index (χ4n) is 2.92. The predicted molar refractivity (Wildman–Crippen MR) is 101 cm³/mol. The van der Waals surface area contributed by atoms with Gasteiger partial charge in [0.1, 0.15) is 6.10 Å². The normalized spacial score (nSPS) is 24.4. The minimum Gasteiger partial charge on any atom is -0.403 e. The molecule has 0 spiro atoms. The van der Waals surface area contributed by atoms with Gasteiger partial charge in [0.05, 0.1) is 6.61 Å². The first-order valence-electron chi connectivity index (χ1n) is 8.60. The number of nitrogens with zero attached hydrogens (tertiary/aromatic N) is 2. The van der Waals surface area contributed by atoms with E-state index in [9.17, 15) is 4.57 Å². The minimum absolute atomic E-state index is 0.0105. The van der Waals surface area contributed by atoms with E-state index < -0.39 is 13.9 Å². The molecule has 27 heavy (non-hydrogen) atoms. The Balaban J connectivity index is 1.55. The van der Waals surface area contributed by atoms with Crippen LogP contribution in [-0.2, 0) is 13.6 Å². The summed E-state index contributed by atoms with van der Waals surface area (Å²) in [5.41, 5.74) is 1.36. The molecule has 7 nitrogen and oxygen atoms in total. The quantitative estimate of drug-likeness (QED) is 0.627. The Labute approximate surface area is 157 Å². The molecule has 1 aliphatic rings. The van der Waals surface area contributed by atoms with E-state index in [0.29, 0.717) is 5.89 Å². The Morgan fingerprint density at radius 3 is 2.41 bits per heavy atom. The van der Waals surface area contributed by atoms with E-state index in [1.54, 1.807) is 0 Å². The molecule has 1 saturated heterocycles. The summed E-state index contributed by atoms with van der Waals surface area (Å²) in [5.74, 6) is 0.321. The Morgan fingerprint density at radius 1 is 1.04 bits per heavy atom. The lowest BCUT2D eigenvalue weighted by atomic mass is 9.83. The second-order valence-electron chi connectivity index (χ2n) is 7.05. The lowest BCUT2D eigenvalue weighted by Gasteiger charge is -2.41. The van der Waals surface area contributed by atoms with E-state index in [0.717, 1.165) is 11.1 Å². The van der Waals surface area contributed by atoms with Gasteiger partial charge in [-0.1, -0.05) is 67.5 Å². The second kappa shape index (κ2) is 6.93. The number of anilines is 1. The van der Waals surface area contributed by atoms with Gasteiger partial charge in [-0.05, 0) is 17.7 Å². The third-order valence-corrected chi connectivity index (χ3v) is 5.76. The van der Waals surface area contributed by atoms with Gasteiger partial charge in [-0.2, -0.15) is 0 Å². The molecule has 140 valence electrons. The van der Waals surface area contributed by atoms with Gasteiger partial charge in [-0.25, -0.2) is 9.65 Å². The van der Waals surface area contributed by atoms with Gasteiger partial charge in [0, 0.05) is 11.0 Å². The molecule has 1 N–H and O–H groups in total. The molecule has 2 atom stereocenters. The molecule has 0 bridgehead atoms. The molecule has 1 aromatic heterocycles. The summed E-state index contributed by atoms with van der Waals surface area (Å²) in [5, 5.41) is 10.5. The van der Waals surface area contributed by atoms with Crippen LogP contribution in [0.25, 0.3) is 11.5 Å². The van der Waals surface area contributed by atoms with Gasteiger partial charge in [0.2, 0.25) is 5.89 Å². The van der Waals surface area contributed by atoms with Crippen LogP contribution in [0.2, 0.25) is 0 Å². The molecular weight excluding hydrogens is 365 g/mol.